The summed E-state index contributed by atoms with van der Waals surface area (Å²) in [5.74, 6) is -2.09. The Balaban J connectivity index is 1.32. The van der Waals surface area contributed by atoms with Gasteiger partial charge in [0.1, 0.15) is 11.8 Å². The average molecular weight is 462 g/mol. The van der Waals surface area contributed by atoms with Crippen molar-refractivity contribution in [2.75, 3.05) is 13.1 Å². The standard InChI is InChI=1S/C21H18ClF2N5O3/c1-21(11-28-9-18(29(30)31)26-20(28)32-21)10-27-5-4-17-13(8-27)6-14(22)19(25-17)12-2-3-15(23)16(24)7-12/h2-3,6-7,9H,4-5,8,10-11H2,1H3. The number of hydrogen-bond donors (Lipinski definition) is 0. The Bertz CT molecular complexity index is 1220. The number of hydrogen-bond acceptors (Lipinski definition) is 6. The van der Waals surface area contributed by atoms with Gasteiger partial charge in [0.15, 0.2) is 11.6 Å². The minimum absolute atomic E-state index is 0.230. The number of ether oxygens (including phenoxy) is 1. The molecule has 5 rings (SSSR count). The Morgan fingerprint density at radius 1 is 1.28 bits per heavy atom. The van der Waals surface area contributed by atoms with Crippen molar-refractivity contribution in [1.82, 2.24) is 19.4 Å². The molecule has 2 aromatic heterocycles. The number of halogens is 3. The van der Waals surface area contributed by atoms with Crippen LogP contribution in [-0.2, 0) is 19.5 Å². The van der Waals surface area contributed by atoms with Crippen LogP contribution < -0.4 is 4.74 Å². The number of nitrogens with zero attached hydrogens (tertiary/aromatic N) is 5. The zero-order valence-electron chi connectivity index (χ0n) is 17.0. The third-order valence-corrected chi connectivity index (χ3v) is 6.00. The van der Waals surface area contributed by atoms with Crippen LogP contribution in [0.1, 0.15) is 18.2 Å². The van der Waals surface area contributed by atoms with Crippen molar-refractivity contribution in [3.05, 3.63) is 68.5 Å². The molecule has 11 heteroatoms. The van der Waals surface area contributed by atoms with E-state index in [0.717, 1.165) is 29.9 Å². The van der Waals surface area contributed by atoms with Gasteiger partial charge in [0.05, 0.1) is 17.3 Å². The maximum atomic E-state index is 13.6. The second kappa shape index (κ2) is 7.49. The largest absolute Gasteiger partial charge is 0.436 e. The van der Waals surface area contributed by atoms with E-state index in [-0.39, 0.29) is 11.8 Å². The summed E-state index contributed by atoms with van der Waals surface area (Å²) in [5.41, 5.74) is 2.11. The second-order valence-corrected chi connectivity index (χ2v) is 8.74. The van der Waals surface area contributed by atoms with Crippen LogP contribution in [0.15, 0.2) is 30.5 Å². The molecule has 4 heterocycles. The van der Waals surface area contributed by atoms with E-state index in [1.807, 2.05) is 13.0 Å². The number of nitro groups is 1. The smallest absolute Gasteiger partial charge is 0.415 e. The van der Waals surface area contributed by atoms with Crippen molar-refractivity contribution in [3.8, 4) is 17.3 Å². The molecule has 2 aliphatic rings. The molecule has 0 fully saturated rings. The van der Waals surface area contributed by atoms with Crippen LogP contribution in [0.3, 0.4) is 0 Å². The summed E-state index contributed by atoms with van der Waals surface area (Å²) < 4.78 is 34.5. The van der Waals surface area contributed by atoms with E-state index in [1.165, 1.54) is 12.3 Å². The van der Waals surface area contributed by atoms with Gasteiger partial charge in [-0.05, 0) is 41.7 Å². The van der Waals surface area contributed by atoms with E-state index >= 15 is 0 Å². The van der Waals surface area contributed by atoms with Gasteiger partial charge >= 0.3 is 11.8 Å². The lowest BCUT2D eigenvalue weighted by Crippen LogP contribution is -2.46. The van der Waals surface area contributed by atoms with Crippen molar-refractivity contribution in [3.63, 3.8) is 0 Å². The fraction of sp³-hybridized carbons (Fsp3) is 0.333. The van der Waals surface area contributed by atoms with Crippen LogP contribution in [0.2, 0.25) is 5.02 Å². The highest BCUT2D eigenvalue weighted by Gasteiger charge is 2.42. The van der Waals surface area contributed by atoms with E-state index in [2.05, 4.69) is 14.9 Å². The van der Waals surface area contributed by atoms with Crippen LogP contribution in [0.5, 0.6) is 6.01 Å². The Kier molecular flexibility index (Phi) is 4.86. The van der Waals surface area contributed by atoms with E-state index < -0.39 is 22.2 Å². The molecular weight excluding hydrogens is 444 g/mol. The number of rotatable bonds is 4. The van der Waals surface area contributed by atoms with Crippen LogP contribution in [0, 0.1) is 21.7 Å². The molecule has 0 aliphatic carbocycles. The Hall–Kier alpha value is -3.11. The zero-order valence-corrected chi connectivity index (χ0v) is 17.8. The van der Waals surface area contributed by atoms with E-state index in [4.69, 9.17) is 16.3 Å². The Morgan fingerprint density at radius 3 is 2.81 bits per heavy atom. The molecule has 0 radical (unpaired) electrons. The van der Waals surface area contributed by atoms with Gasteiger partial charge in [-0.25, -0.2) is 8.78 Å². The van der Waals surface area contributed by atoms with E-state index in [1.54, 1.807) is 4.57 Å². The third-order valence-electron chi connectivity index (χ3n) is 5.71. The van der Waals surface area contributed by atoms with Gasteiger partial charge in [-0.2, -0.15) is 0 Å². The number of benzene rings is 1. The first kappa shape index (κ1) is 20.8. The van der Waals surface area contributed by atoms with Crippen molar-refractivity contribution in [1.29, 1.82) is 0 Å². The first-order valence-electron chi connectivity index (χ1n) is 9.97. The predicted molar refractivity (Wildman–Crippen MR) is 111 cm³/mol. The summed E-state index contributed by atoms with van der Waals surface area (Å²) in [7, 11) is 0. The second-order valence-electron chi connectivity index (χ2n) is 8.33. The Morgan fingerprint density at radius 2 is 2.09 bits per heavy atom. The summed E-state index contributed by atoms with van der Waals surface area (Å²) in [4.78, 5) is 21.1. The number of aromatic nitrogens is 3. The highest BCUT2D eigenvalue weighted by Crippen LogP contribution is 2.34. The van der Waals surface area contributed by atoms with Crippen molar-refractivity contribution < 1.29 is 18.4 Å². The summed E-state index contributed by atoms with van der Waals surface area (Å²) >= 11 is 6.43. The molecule has 2 aliphatic heterocycles. The lowest BCUT2D eigenvalue weighted by molar-refractivity contribution is -0.389. The van der Waals surface area contributed by atoms with Crippen molar-refractivity contribution in [2.45, 2.75) is 32.0 Å². The highest BCUT2D eigenvalue weighted by atomic mass is 35.5. The van der Waals surface area contributed by atoms with Gasteiger partial charge in [0.2, 0.25) is 0 Å². The molecule has 8 nitrogen and oxygen atoms in total. The van der Waals surface area contributed by atoms with Gasteiger partial charge < -0.3 is 14.9 Å². The monoisotopic (exact) mass is 461 g/mol. The summed E-state index contributed by atoms with van der Waals surface area (Å²) in [6.45, 7) is 4.31. The summed E-state index contributed by atoms with van der Waals surface area (Å²) in [6, 6.07) is 5.68. The molecule has 32 heavy (non-hydrogen) atoms. The van der Waals surface area contributed by atoms with Gasteiger partial charge in [-0.3, -0.25) is 14.5 Å². The lowest BCUT2D eigenvalue weighted by Gasteiger charge is -2.34. The maximum absolute atomic E-state index is 13.6. The van der Waals surface area contributed by atoms with E-state index in [9.17, 15) is 18.9 Å². The highest BCUT2D eigenvalue weighted by molar-refractivity contribution is 6.33. The SMILES string of the molecule is CC1(CN2CCc3nc(-c4ccc(F)c(F)c4)c(Cl)cc3C2)Cn2cc([N+](=O)[O-])nc2O1. The third kappa shape index (κ3) is 3.69. The van der Waals surface area contributed by atoms with E-state index in [0.29, 0.717) is 42.3 Å². The molecule has 0 N–H and O–H groups in total. The minimum atomic E-state index is -0.945. The predicted octanol–water partition coefficient (Wildman–Crippen LogP) is 3.99. The van der Waals surface area contributed by atoms with Crippen molar-refractivity contribution in [2.24, 2.45) is 0 Å². The normalized spacial score (nSPS) is 20.0. The summed E-state index contributed by atoms with van der Waals surface area (Å²) in [6.07, 6.45) is 2.05. The van der Waals surface area contributed by atoms with Crippen molar-refractivity contribution >= 4 is 17.4 Å². The number of fused-ring (bicyclic) bond motifs is 2. The minimum Gasteiger partial charge on any atom is -0.436 e. The van der Waals surface area contributed by atoms with Gasteiger partial charge in [-0.1, -0.05) is 11.6 Å². The van der Waals surface area contributed by atoms with Gasteiger partial charge in [0.25, 0.3) is 0 Å². The molecule has 1 unspecified atom stereocenters. The first-order valence-corrected chi connectivity index (χ1v) is 10.4. The topological polar surface area (TPSA) is 86.3 Å². The first-order chi connectivity index (χ1) is 15.2. The molecule has 0 spiro atoms. The lowest BCUT2D eigenvalue weighted by atomic mass is 10.00. The molecule has 1 aromatic carbocycles. The molecule has 0 amide bonds. The molecule has 1 atom stereocenters. The average Bonchev–Trinajstić information content (AvgIpc) is 3.24. The molecule has 3 aromatic rings. The van der Waals surface area contributed by atoms with Gasteiger partial charge in [0, 0.05) is 42.3 Å². The number of imidazole rings is 1. The molecular formula is C21H18ClF2N5O3. The number of pyridine rings is 1. The molecule has 0 saturated carbocycles. The maximum Gasteiger partial charge on any atom is 0.415 e. The fourth-order valence-electron chi connectivity index (χ4n) is 4.32. The Labute approximate surface area is 186 Å². The van der Waals surface area contributed by atoms with Crippen LogP contribution in [0.4, 0.5) is 14.6 Å². The quantitative estimate of drug-likeness (QED) is 0.431. The molecule has 0 saturated heterocycles. The summed E-state index contributed by atoms with van der Waals surface area (Å²) in [5, 5.41) is 11.3. The van der Waals surface area contributed by atoms with Crippen LogP contribution >= 0.6 is 11.6 Å². The fourth-order valence-corrected chi connectivity index (χ4v) is 4.60. The van der Waals surface area contributed by atoms with Gasteiger partial charge in [-0.15, -0.1) is 0 Å². The molecule has 0 bridgehead atoms. The molecule has 166 valence electrons. The van der Waals surface area contributed by atoms with Crippen LogP contribution in [0.25, 0.3) is 11.3 Å². The zero-order chi connectivity index (χ0) is 22.6. The van der Waals surface area contributed by atoms with Crippen LogP contribution in [-0.4, -0.2) is 43.0 Å².